The second-order valence-electron chi connectivity index (χ2n) is 4.01. The van der Waals surface area contributed by atoms with E-state index in [1.807, 2.05) is 6.92 Å². The first-order valence-electron chi connectivity index (χ1n) is 4.41. The Morgan fingerprint density at radius 3 is 2.42 bits per heavy atom. The van der Waals surface area contributed by atoms with Gasteiger partial charge in [-0.1, -0.05) is 13.3 Å². The van der Waals surface area contributed by atoms with Crippen LogP contribution in [-0.2, 0) is 4.79 Å². The number of aliphatic hydroxyl groups excluding tert-OH is 1. The third kappa shape index (κ3) is 1.78. The lowest BCUT2D eigenvalue weighted by Gasteiger charge is -2.40. The van der Waals surface area contributed by atoms with Crippen molar-refractivity contribution >= 4 is 5.97 Å². The van der Waals surface area contributed by atoms with Crippen LogP contribution in [0.2, 0.25) is 0 Å². The maximum absolute atomic E-state index is 10.5. The molecule has 1 unspecified atom stereocenters. The number of hydrogen-bond donors (Lipinski definition) is 2. The van der Waals surface area contributed by atoms with Gasteiger partial charge in [0.2, 0.25) is 0 Å². The molecule has 3 nitrogen and oxygen atoms in total. The number of carbonyl (C=O) groups is 1. The van der Waals surface area contributed by atoms with E-state index in [-0.39, 0.29) is 18.4 Å². The van der Waals surface area contributed by atoms with Crippen LogP contribution < -0.4 is 0 Å². The predicted octanol–water partition coefficient (Wildman–Crippen LogP) is 1.26. The smallest absolute Gasteiger partial charge is 0.303 e. The second-order valence-corrected chi connectivity index (χ2v) is 4.01. The molecule has 1 aliphatic rings. The van der Waals surface area contributed by atoms with E-state index in [1.165, 1.54) is 6.42 Å². The molecule has 1 rings (SSSR count). The summed E-state index contributed by atoms with van der Waals surface area (Å²) in [5.74, 6) is -0.392. The van der Waals surface area contributed by atoms with Crippen LogP contribution >= 0.6 is 0 Å². The number of aliphatic hydroxyl groups is 1. The molecule has 0 aliphatic heterocycles. The molecule has 0 aromatic carbocycles. The van der Waals surface area contributed by atoms with E-state index in [1.54, 1.807) is 0 Å². The molecule has 0 spiro atoms. The minimum atomic E-state index is -0.807. The molecule has 0 aromatic rings. The van der Waals surface area contributed by atoms with E-state index in [0.29, 0.717) is 5.92 Å². The van der Waals surface area contributed by atoms with Crippen molar-refractivity contribution in [3.05, 3.63) is 0 Å². The first-order chi connectivity index (χ1) is 5.58. The van der Waals surface area contributed by atoms with Crippen molar-refractivity contribution in [3.8, 4) is 0 Å². The number of aliphatic carboxylic acids is 1. The van der Waals surface area contributed by atoms with E-state index in [9.17, 15) is 4.79 Å². The fourth-order valence-electron chi connectivity index (χ4n) is 1.78. The molecular weight excluding hydrogens is 156 g/mol. The normalized spacial score (nSPS) is 22.8. The molecule has 2 N–H and O–H groups in total. The van der Waals surface area contributed by atoms with Crippen molar-refractivity contribution < 1.29 is 15.0 Å². The number of hydrogen-bond acceptors (Lipinski definition) is 2. The Morgan fingerprint density at radius 2 is 2.17 bits per heavy atom. The summed E-state index contributed by atoms with van der Waals surface area (Å²) >= 11 is 0. The van der Waals surface area contributed by atoms with Gasteiger partial charge in [-0.05, 0) is 18.8 Å². The maximum Gasteiger partial charge on any atom is 0.303 e. The first-order valence-corrected chi connectivity index (χ1v) is 4.41. The Labute approximate surface area is 72.4 Å². The molecule has 0 aromatic heterocycles. The van der Waals surface area contributed by atoms with Crippen molar-refractivity contribution in [3.63, 3.8) is 0 Å². The topological polar surface area (TPSA) is 57.5 Å². The van der Waals surface area contributed by atoms with Crippen LogP contribution in [0.3, 0.4) is 0 Å². The van der Waals surface area contributed by atoms with Gasteiger partial charge in [-0.15, -0.1) is 0 Å². The lowest BCUT2D eigenvalue weighted by atomic mass is 9.65. The summed E-state index contributed by atoms with van der Waals surface area (Å²) in [6.07, 6.45) is 3.42. The standard InChI is InChI=1S/C9H16O3/c1-9(6-10,5-8(11)12)7-3-2-4-7/h7,10H,2-6H2,1H3,(H,11,12). The highest BCUT2D eigenvalue weighted by Gasteiger charge is 2.38. The monoisotopic (exact) mass is 172 g/mol. The van der Waals surface area contributed by atoms with Crippen molar-refractivity contribution in [2.75, 3.05) is 6.61 Å². The van der Waals surface area contributed by atoms with Crippen LogP contribution in [0, 0.1) is 11.3 Å². The fraction of sp³-hybridized carbons (Fsp3) is 0.889. The van der Waals surface area contributed by atoms with E-state index in [2.05, 4.69) is 0 Å². The van der Waals surface area contributed by atoms with Crippen LogP contribution in [0.4, 0.5) is 0 Å². The molecule has 0 bridgehead atoms. The van der Waals surface area contributed by atoms with Crippen LogP contribution in [0.25, 0.3) is 0 Å². The summed E-state index contributed by atoms with van der Waals surface area (Å²) in [7, 11) is 0. The number of carboxylic acids is 1. The molecule has 70 valence electrons. The van der Waals surface area contributed by atoms with Gasteiger partial charge in [-0.3, -0.25) is 4.79 Å². The van der Waals surface area contributed by atoms with Crippen molar-refractivity contribution in [2.45, 2.75) is 32.6 Å². The number of carboxylic acid groups (broad SMARTS) is 1. The fourth-order valence-corrected chi connectivity index (χ4v) is 1.78. The third-order valence-electron chi connectivity index (χ3n) is 3.01. The van der Waals surface area contributed by atoms with E-state index < -0.39 is 5.97 Å². The molecule has 0 radical (unpaired) electrons. The second kappa shape index (κ2) is 3.44. The van der Waals surface area contributed by atoms with E-state index in [4.69, 9.17) is 10.2 Å². The lowest BCUT2D eigenvalue weighted by Crippen LogP contribution is -2.37. The van der Waals surface area contributed by atoms with Crippen LogP contribution in [0.1, 0.15) is 32.6 Å². The van der Waals surface area contributed by atoms with Gasteiger partial charge >= 0.3 is 5.97 Å². The number of rotatable bonds is 4. The van der Waals surface area contributed by atoms with Gasteiger partial charge in [-0.2, -0.15) is 0 Å². The van der Waals surface area contributed by atoms with Crippen molar-refractivity contribution in [1.29, 1.82) is 0 Å². The average molecular weight is 172 g/mol. The van der Waals surface area contributed by atoms with Crippen molar-refractivity contribution in [1.82, 2.24) is 0 Å². The first kappa shape index (κ1) is 9.52. The van der Waals surface area contributed by atoms with E-state index >= 15 is 0 Å². The molecule has 0 amide bonds. The Hall–Kier alpha value is -0.570. The largest absolute Gasteiger partial charge is 0.481 e. The van der Waals surface area contributed by atoms with Crippen molar-refractivity contribution in [2.24, 2.45) is 11.3 Å². The van der Waals surface area contributed by atoms with Gasteiger partial charge in [-0.25, -0.2) is 0 Å². The third-order valence-corrected chi connectivity index (χ3v) is 3.01. The summed E-state index contributed by atoms with van der Waals surface area (Å²) in [5.41, 5.74) is -0.385. The van der Waals surface area contributed by atoms with Crippen LogP contribution in [0.15, 0.2) is 0 Å². The Morgan fingerprint density at radius 1 is 1.58 bits per heavy atom. The quantitative estimate of drug-likeness (QED) is 0.671. The molecular formula is C9H16O3. The molecule has 1 fully saturated rings. The van der Waals surface area contributed by atoms with Gasteiger partial charge in [0.15, 0.2) is 0 Å². The highest BCUT2D eigenvalue weighted by Crippen LogP contribution is 2.43. The molecule has 0 saturated heterocycles. The lowest BCUT2D eigenvalue weighted by molar-refractivity contribution is -0.142. The predicted molar refractivity (Wildman–Crippen MR) is 44.8 cm³/mol. The summed E-state index contributed by atoms with van der Waals surface area (Å²) in [6, 6.07) is 0. The summed E-state index contributed by atoms with van der Waals surface area (Å²) < 4.78 is 0. The van der Waals surface area contributed by atoms with Crippen LogP contribution in [-0.4, -0.2) is 22.8 Å². The SMILES string of the molecule is CC(CO)(CC(=O)O)C1CCC1. The summed E-state index contributed by atoms with van der Waals surface area (Å²) in [4.78, 5) is 10.5. The zero-order valence-electron chi connectivity index (χ0n) is 7.42. The maximum atomic E-state index is 10.5. The van der Waals surface area contributed by atoms with Gasteiger partial charge in [0, 0.05) is 12.0 Å². The zero-order chi connectivity index (χ0) is 9.19. The van der Waals surface area contributed by atoms with E-state index in [0.717, 1.165) is 12.8 Å². The van der Waals surface area contributed by atoms with Gasteiger partial charge in [0.25, 0.3) is 0 Å². The van der Waals surface area contributed by atoms with Gasteiger partial charge < -0.3 is 10.2 Å². The average Bonchev–Trinajstić information content (AvgIpc) is 1.81. The minimum Gasteiger partial charge on any atom is -0.481 e. The van der Waals surface area contributed by atoms with Gasteiger partial charge in [0.05, 0.1) is 6.42 Å². The molecule has 1 atom stereocenters. The Bertz CT molecular complexity index is 175. The molecule has 1 saturated carbocycles. The Balaban J connectivity index is 2.53. The highest BCUT2D eigenvalue weighted by atomic mass is 16.4. The highest BCUT2D eigenvalue weighted by molar-refractivity contribution is 5.67. The van der Waals surface area contributed by atoms with Crippen LogP contribution in [0.5, 0.6) is 0 Å². The van der Waals surface area contributed by atoms with Gasteiger partial charge in [0.1, 0.15) is 0 Å². The summed E-state index contributed by atoms with van der Waals surface area (Å²) in [5, 5.41) is 17.7. The molecule has 0 heterocycles. The molecule has 1 aliphatic carbocycles. The zero-order valence-corrected chi connectivity index (χ0v) is 7.42. The minimum absolute atomic E-state index is 0.00995. The Kier molecular flexibility index (Phi) is 2.73. The summed E-state index contributed by atoms with van der Waals surface area (Å²) in [6.45, 7) is 1.86. The molecule has 3 heteroatoms. The molecule has 12 heavy (non-hydrogen) atoms.